The molecule has 0 spiro atoms. The number of carbonyl (C=O) groups excluding carboxylic acids is 2. The standard InChI is InChI=1S/C25H18Cl2N2O5S/c1-32-20-12-15(13-28-29-22(30)14-33-17-9-7-16(26)8-10-17)6-11-19(20)34-25(31)24-23(27)18-4-2-3-5-21(18)35-24/h2-13H,14H2,1H3,(H,29,30). The summed E-state index contributed by atoms with van der Waals surface area (Å²) in [6.07, 6.45) is 1.43. The van der Waals surface area contributed by atoms with Crippen molar-refractivity contribution in [1.29, 1.82) is 0 Å². The average Bonchev–Trinajstić information content (AvgIpc) is 3.21. The smallest absolute Gasteiger partial charge is 0.355 e. The van der Waals surface area contributed by atoms with Gasteiger partial charge in [0.25, 0.3) is 5.91 Å². The molecule has 0 saturated heterocycles. The van der Waals surface area contributed by atoms with Gasteiger partial charge >= 0.3 is 5.97 Å². The molecule has 1 N–H and O–H groups in total. The van der Waals surface area contributed by atoms with Crippen LogP contribution in [-0.4, -0.2) is 31.8 Å². The molecule has 0 aliphatic heterocycles. The first-order valence-electron chi connectivity index (χ1n) is 10.2. The van der Waals surface area contributed by atoms with Gasteiger partial charge in [-0.15, -0.1) is 11.3 Å². The monoisotopic (exact) mass is 528 g/mol. The third kappa shape index (κ3) is 6.10. The van der Waals surface area contributed by atoms with Crippen LogP contribution < -0.4 is 19.6 Å². The third-order valence-electron chi connectivity index (χ3n) is 4.70. The Balaban J connectivity index is 1.37. The summed E-state index contributed by atoms with van der Waals surface area (Å²) < 4.78 is 17.1. The van der Waals surface area contributed by atoms with Crippen LogP contribution in [0.25, 0.3) is 10.1 Å². The Morgan fingerprint density at radius 3 is 2.54 bits per heavy atom. The van der Waals surface area contributed by atoms with E-state index in [4.69, 9.17) is 37.4 Å². The molecule has 1 aromatic heterocycles. The van der Waals surface area contributed by atoms with Crippen LogP contribution in [0.15, 0.2) is 71.8 Å². The summed E-state index contributed by atoms with van der Waals surface area (Å²) in [6, 6.07) is 19.0. The summed E-state index contributed by atoms with van der Waals surface area (Å²) in [4.78, 5) is 25.0. The predicted octanol–water partition coefficient (Wildman–Crippen LogP) is 5.97. The number of benzene rings is 3. The molecule has 0 bridgehead atoms. The lowest BCUT2D eigenvalue weighted by atomic mass is 10.2. The van der Waals surface area contributed by atoms with Crippen LogP contribution in [-0.2, 0) is 4.79 Å². The van der Waals surface area contributed by atoms with Crippen LogP contribution in [0, 0.1) is 0 Å². The number of halogens is 2. The van der Waals surface area contributed by atoms with Crippen molar-refractivity contribution in [2.45, 2.75) is 0 Å². The van der Waals surface area contributed by atoms with E-state index in [0.29, 0.717) is 32.0 Å². The van der Waals surface area contributed by atoms with E-state index in [-0.39, 0.29) is 12.4 Å². The molecule has 1 amide bonds. The molecule has 0 fully saturated rings. The van der Waals surface area contributed by atoms with Gasteiger partial charge < -0.3 is 14.2 Å². The normalized spacial score (nSPS) is 10.9. The van der Waals surface area contributed by atoms with E-state index >= 15 is 0 Å². The van der Waals surface area contributed by atoms with Crippen molar-refractivity contribution in [3.8, 4) is 17.2 Å². The first-order chi connectivity index (χ1) is 16.9. The number of fused-ring (bicyclic) bond motifs is 1. The van der Waals surface area contributed by atoms with E-state index < -0.39 is 11.9 Å². The first kappa shape index (κ1) is 24.5. The number of amides is 1. The maximum absolute atomic E-state index is 12.7. The second-order valence-electron chi connectivity index (χ2n) is 7.08. The minimum atomic E-state index is -0.580. The van der Waals surface area contributed by atoms with E-state index in [9.17, 15) is 9.59 Å². The summed E-state index contributed by atoms with van der Waals surface area (Å²) in [5.41, 5.74) is 2.99. The number of ether oxygens (including phenoxy) is 3. The third-order valence-corrected chi connectivity index (χ3v) is 6.60. The molecule has 0 unspecified atom stereocenters. The number of hydrogen-bond acceptors (Lipinski definition) is 7. The zero-order valence-corrected chi connectivity index (χ0v) is 20.6. The molecule has 0 aliphatic rings. The van der Waals surface area contributed by atoms with Crippen LogP contribution >= 0.6 is 34.5 Å². The highest BCUT2D eigenvalue weighted by atomic mass is 35.5. The van der Waals surface area contributed by atoms with Crippen molar-refractivity contribution < 1.29 is 23.8 Å². The van der Waals surface area contributed by atoms with Gasteiger partial charge in [-0.2, -0.15) is 5.10 Å². The Morgan fingerprint density at radius 2 is 1.80 bits per heavy atom. The van der Waals surface area contributed by atoms with Crippen LogP contribution in [0.5, 0.6) is 17.2 Å². The zero-order valence-electron chi connectivity index (χ0n) is 18.3. The molecule has 4 rings (SSSR count). The number of nitrogens with zero attached hydrogens (tertiary/aromatic N) is 1. The highest BCUT2D eigenvalue weighted by Crippen LogP contribution is 2.37. The zero-order chi connectivity index (χ0) is 24.8. The number of rotatable bonds is 8. The number of methoxy groups -OCH3 is 1. The molecule has 4 aromatic rings. The van der Waals surface area contributed by atoms with E-state index in [1.807, 2.05) is 24.3 Å². The van der Waals surface area contributed by atoms with Gasteiger partial charge in [-0.05, 0) is 54.1 Å². The molecular formula is C25H18Cl2N2O5S. The first-order valence-corrected chi connectivity index (χ1v) is 11.8. The van der Waals surface area contributed by atoms with Gasteiger partial charge in [-0.25, -0.2) is 10.2 Å². The summed E-state index contributed by atoms with van der Waals surface area (Å²) >= 11 is 13.4. The fraction of sp³-hybridized carbons (Fsp3) is 0.0800. The van der Waals surface area contributed by atoms with Crippen molar-refractivity contribution in [1.82, 2.24) is 5.43 Å². The topological polar surface area (TPSA) is 86.2 Å². The highest BCUT2D eigenvalue weighted by Gasteiger charge is 2.20. The Labute approximate surface area is 214 Å². The number of hydrazone groups is 1. The van der Waals surface area contributed by atoms with Crippen molar-refractivity contribution in [3.63, 3.8) is 0 Å². The minimum absolute atomic E-state index is 0.211. The molecule has 3 aromatic carbocycles. The molecule has 0 radical (unpaired) electrons. The molecule has 10 heteroatoms. The van der Waals surface area contributed by atoms with Crippen molar-refractivity contribution >= 4 is 62.7 Å². The summed E-state index contributed by atoms with van der Waals surface area (Å²) in [5.74, 6) is 0.0404. The lowest BCUT2D eigenvalue weighted by Gasteiger charge is -2.09. The van der Waals surface area contributed by atoms with Gasteiger partial charge in [-0.1, -0.05) is 41.4 Å². The van der Waals surface area contributed by atoms with Crippen molar-refractivity contribution in [3.05, 3.63) is 87.2 Å². The van der Waals surface area contributed by atoms with E-state index in [0.717, 1.165) is 10.1 Å². The fourth-order valence-electron chi connectivity index (χ4n) is 3.03. The van der Waals surface area contributed by atoms with Crippen LogP contribution in [0.4, 0.5) is 0 Å². The molecule has 1 heterocycles. The van der Waals surface area contributed by atoms with Crippen LogP contribution in [0.1, 0.15) is 15.2 Å². The molecular weight excluding hydrogens is 511 g/mol. The van der Waals surface area contributed by atoms with Gasteiger partial charge in [0.15, 0.2) is 18.1 Å². The van der Waals surface area contributed by atoms with Crippen molar-refractivity contribution in [2.75, 3.05) is 13.7 Å². The number of nitrogens with one attached hydrogen (secondary N) is 1. The Bertz CT molecular complexity index is 1400. The number of thiophene rings is 1. The molecule has 178 valence electrons. The molecule has 7 nitrogen and oxygen atoms in total. The minimum Gasteiger partial charge on any atom is -0.493 e. The summed E-state index contributed by atoms with van der Waals surface area (Å²) in [7, 11) is 1.45. The Hall–Kier alpha value is -3.59. The van der Waals surface area contributed by atoms with Crippen molar-refractivity contribution in [2.24, 2.45) is 5.10 Å². The van der Waals surface area contributed by atoms with Crippen LogP contribution in [0.2, 0.25) is 10.0 Å². The van der Waals surface area contributed by atoms with E-state index in [2.05, 4.69) is 10.5 Å². The highest BCUT2D eigenvalue weighted by molar-refractivity contribution is 7.21. The molecule has 0 aliphatic carbocycles. The van der Waals surface area contributed by atoms with E-state index in [1.165, 1.54) is 24.7 Å². The number of hydrogen-bond donors (Lipinski definition) is 1. The van der Waals surface area contributed by atoms with Gasteiger partial charge in [-0.3, -0.25) is 4.79 Å². The lowest BCUT2D eigenvalue weighted by molar-refractivity contribution is -0.123. The lowest BCUT2D eigenvalue weighted by Crippen LogP contribution is -2.24. The Morgan fingerprint density at radius 1 is 1.03 bits per heavy atom. The maximum atomic E-state index is 12.7. The maximum Gasteiger partial charge on any atom is 0.355 e. The SMILES string of the molecule is COc1cc(C=NNC(=O)COc2ccc(Cl)cc2)ccc1OC(=O)c1sc2ccccc2c1Cl. The average molecular weight is 529 g/mol. The second-order valence-corrected chi connectivity index (χ2v) is 8.94. The summed E-state index contributed by atoms with van der Waals surface area (Å²) in [5, 5.41) is 5.64. The number of esters is 1. The molecule has 0 saturated carbocycles. The van der Waals surface area contributed by atoms with Gasteiger partial charge in [0.05, 0.1) is 18.3 Å². The molecule has 35 heavy (non-hydrogen) atoms. The fourth-order valence-corrected chi connectivity index (χ4v) is 4.54. The molecule has 0 atom stereocenters. The Kier molecular flexibility index (Phi) is 7.87. The second kappa shape index (κ2) is 11.2. The van der Waals surface area contributed by atoms with Crippen LogP contribution in [0.3, 0.4) is 0 Å². The van der Waals surface area contributed by atoms with Gasteiger partial charge in [0.2, 0.25) is 0 Å². The quantitative estimate of drug-likeness (QED) is 0.132. The van der Waals surface area contributed by atoms with Gasteiger partial charge in [0.1, 0.15) is 10.6 Å². The summed E-state index contributed by atoms with van der Waals surface area (Å²) in [6.45, 7) is -0.211. The largest absolute Gasteiger partial charge is 0.493 e. The van der Waals surface area contributed by atoms with Gasteiger partial charge in [0, 0.05) is 15.1 Å². The predicted molar refractivity (Wildman–Crippen MR) is 137 cm³/mol. The number of carbonyl (C=O) groups is 2. The van der Waals surface area contributed by atoms with E-state index in [1.54, 1.807) is 42.5 Å².